The van der Waals surface area contributed by atoms with Crippen molar-refractivity contribution in [3.63, 3.8) is 0 Å². The van der Waals surface area contributed by atoms with E-state index in [1.807, 2.05) is 26.4 Å². The molecule has 3 rings (SSSR count). The van der Waals surface area contributed by atoms with Crippen LogP contribution in [0.1, 0.15) is 6.42 Å². The van der Waals surface area contributed by atoms with Gasteiger partial charge in [0, 0.05) is 38.5 Å². The predicted molar refractivity (Wildman–Crippen MR) is 90.8 cm³/mol. The summed E-state index contributed by atoms with van der Waals surface area (Å²) >= 11 is 1.51. The van der Waals surface area contributed by atoms with Gasteiger partial charge in [0.1, 0.15) is 0 Å². The third-order valence-electron chi connectivity index (χ3n) is 3.31. The lowest BCUT2D eigenvalue weighted by Crippen LogP contribution is -2.08. The van der Waals surface area contributed by atoms with Gasteiger partial charge in [-0.05, 0) is 18.6 Å². The molecule has 0 fully saturated rings. The van der Waals surface area contributed by atoms with Gasteiger partial charge in [0.25, 0.3) is 0 Å². The van der Waals surface area contributed by atoms with Gasteiger partial charge in [0.15, 0.2) is 0 Å². The van der Waals surface area contributed by atoms with Crippen molar-refractivity contribution in [2.24, 2.45) is 0 Å². The Balaban J connectivity index is 1.83. The number of nitrogens with zero attached hydrogens (tertiary/aromatic N) is 4. The van der Waals surface area contributed by atoms with Gasteiger partial charge in [-0.25, -0.2) is 9.50 Å². The zero-order valence-electron chi connectivity index (χ0n) is 12.7. The van der Waals surface area contributed by atoms with Crippen LogP contribution in [0.25, 0.3) is 16.2 Å². The Morgan fingerprint density at radius 3 is 2.95 bits per heavy atom. The van der Waals surface area contributed by atoms with E-state index >= 15 is 0 Å². The quantitative estimate of drug-likeness (QED) is 0.683. The van der Waals surface area contributed by atoms with Crippen LogP contribution in [0.15, 0.2) is 30.5 Å². The number of aliphatic hydroxyl groups is 1. The number of aliphatic hydroxyl groups excluding tert-OH is 1. The van der Waals surface area contributed by atoms with Crippen molar-refractivity contribution in [3.05, 3.63) is 30.5 Å². The molecule has 0 saturated heterocycles. The highest BCUT2D eigenvalue weighted by atomic mass is 32.1. The summed E-state index contributed by atoms with van der Waals surface area (Å²) in [5.41, 5.74) is 3.15. The molecule has 0 spiro atoms. The molecule has 0 atom stereocenters. The summed E-state index contributed by atoms with van der Waals surface area (Å²) < 4.78 is 1.80. The highest BCUT2D eigenvalue weighted by molar-refractivity contribution is 7.20. The first-order chi connectivity index (χ1) is 10.7. The van der Waals surface area contributed by atoms with Crippen LogP contribution >= 0.6 is 11.3 Å². The fraction of sp³-hybridized carbons (Fsp3) is 0.333. The molecule has 2 N–H and O–H groups in total. The van der Waals surface area contributed by atoms with E-state index < -0.39 is 0 Å². The highest BCUT2D eigenvalue weighted by Crippen LogP contribution is 2.26. The van der Waals surface area contributed by atoms with Crippen LogP contribution < -0.4 is 10.2 Å². The van der Waals surface area contributed by atoms with Gasteiger partial charge in [-0.3, -0.25) is 0 Å². The standard InChI is InChI=1S/C15H19N5OS/c1-19(2)12-6-3-5-11(9-12)13-10-20-15(17-13)22-14(18-20)16-7-4-8-21/h3,5-6,9-10,21H,4,7-8H2,1-2H3,(H,16,18). The third-order valence-corrected chi connectivity index (χ3v) is 4.19. The molecule has 22 heavy (non-hydrogen) atoms. The van der Waals surface area contributed by atoms with E-state index in [4.69, 9.17) is 5.11 Å². The minimum atomic E-state index is 0.182. The van der Waals surface area contributed by atoms with Crippen LogP contribution in [0.4, 0.5) is 10.8 Å². The lowest BCUT2D eigenvalue weighted by molar-refractivity contribution is 0.292. The van der Waals surface area contributed by atoms with Crippen LogP contribution in [0.2, 0.25) is 0 Å². The van der Waals surface area contributed by atoms with Gasteiger partial charge in [-0.1, -0.05) is 23.5 Å². The molecule has 0 aliphatic heterocycles. The Labute approximate surface area is 133 Å². The Bertz CT molecular complexity index is 733. The van der Waals surface area contributed by atoms with Crippen molar-refractivity contribution in [2.45, 2.75) is 6.42 Å². The molecule has 3 aromatic rings. The predicted octanol–water partition coefficient (Wildman–Crippen LogP) is 2.32. The molecule has 6 nitrogen and oxygen atoms in total. The summed E-state index contributed by atoms with van der Waals surface area (Å²) in [6, 6.07) is 8.28. The molecule has 0 amide bonds. The summed E-state index contributed by atoms with van der Waals surface area (Å²) in [5, 5.41) is 17.3. The third kappa shape index (κ3) is 3.05. The molecule has 116 valence electrons. The van der Waals surface area contributed by atoms with Crippen molar-refractivity contribution in [1.29, 1.82) is 0 Å². The monoisotopic (exact) mass is 317 g/mol. The molecule has 0 saturated carbocycles. The van der Waals surface area contributed by atoms with Crippen molar-refractivity contribution >= 4 is 27.1 Å². The largest absolute Gasteiger partial charge is 0.396 e. The molecule has 0 radical (unpaired) electrons. The van der Waals surface area contributed by atoms with E-state index in [9.17, 15) is 0 Å². The summed E-state index contributed by atoms with van der Waals surface area (Å²) in [6.45, 7) is 0.896. The molecule has 7 heteroatoms. The summed E-state index contributed by atoms with van der Waals surface area (Å²) in [5.74, 6) is 0. The maximum absolute atomic E-state index is 8.79. The Hall–Kier alpha value is -2.12. The van der Waals surface area contributed by atoms with Crippen LogP contribution in [0.3, 0.4) is 0 Å². The average Bonchev–Trinajstić information content (AvgIpc) is 3.06. The van der Waals surface area contributed by atoms with Gasteiger partial charge in [-0.2, -0.15) is 0 Å². The van der Waals surface area contributed by atoms with Crippen molar-refractivity contribution in [2.75, 3.05) is 37.5 Å². The summed E-state index contributed by atoms with van der Waals surface area (Å²) in [6.07, 6.45) is 2.66. The first-order valence-electron chi connectivity index (χ1n) is 7.16. The fourth-order valence-electron chi connectivity index (χ4n) is 2.13. The fourth-order valence-corrected chi connectivity index (χ4v) is 2.94. The number of imidazole rings is 1. The topological polar surface area (TPSA) is 65.7 Å². The van der Waals surface area contributed by atoms with Crippen LogP contribution in [-0.4, -0.2) is 47.0 Å². The first kappa shape index (κ1) is 14.8. The maximum Gasteiger partial charge on any atom is 0.214 e. The molecule has 0 unspecified atom stereocenters. The van der Waals surface area contributed by atoms with Crippen molar-refractivity contribution in [1.82, 2.24) is 14.6 Å². The van der Waals surface area contributed by atoms with E-state index in [1.165, 1.54) is 11.3 Å². The number of benzene rings is 1. The van der Waals surface area contributed by atoms with Gasteiger partial charge >= 0.3 is 0 Å². The zero-order valence-corrected chi connectivity index (χ0v) is 13.5. The number of rotatable bonds is 6. The first-order valence-corrected chi connectivity index (χ1v) is 7.98. The molecular formula is C15H19N5OS. The van der Waals surface area contributed by atoms with Crippen molar-refractivity contribution < 1.29 is 5.11 Å². The van der Waals surface area contributed by atoms with Crippen LogP contribution in [0, 0.1) is 0 Å². The van der Waals surface area contributed by atoms with E-state index in [2.05, 4.69) is 38.5 Å². The molecular weight excluding hydrogens is 298 g/mol. The second-order valence-electron chi connectivity index (χ2n) is 5.21. The number of nitrogens with one attached hydrogen (secondary N) is 1. The maximum atomic E-state index is 8.79. The van der Waals surface area contributed by atoms with Crippen LogP contribution in [0.5, 0.6) is 0 Å². The van der Waals surface area contributed by atoms with Gasteiger partial charge in [0.05, 0.1) is 11.9 Å². The number of anilines is 2. The van der Waals surface area contributed by atoms with Gasteiger partial charge < -0.3 is 15.3 Å². The molecule has 2 aromatic heterocycles. The summed E-state index contributed by atoms with van der Waals surface area (Å²) in [4.78, 5) is 7.57. The van der Waals surface area contributed by atoms with Crippen molar-refractivity contribution in [3.8, 4) is 11.3 Å². The number of hydrogen-bond donors (Lipinski definition) is 2. The lowest BCUT2D eigenvalue weighted by Gasteiger charge is -2.12. The zero-order chi connectivity index (χ0) is 15.5. The lowest BCUT2D eigenvalue weighted by atomic mass is 10.1. The Kier molecular flexibility index (Phi) is 4.26. The molecule has 2 heterocycles. The number of fused-ring (bicyclic) bond motifs is 1. The second-order valence-corrected chi connectivity index (χ2v) is 6.17. The minimum Gasteiger partial charge on any atom is -0.396 e. The molecule has 0 aliphatic carbocycles. The molecule has 0 aliphatic rings. The van der Waals surface area contributed by atoms with E-state index in [1.54, 1.807) is 4.52 Å². The average molecular weight is 317 g/mol. The Morgan fingerprint density at radius 2 is 2.23 bits per heavy atom. The summed E-state index contributed by atoms with van der Waals surface area (Å²) in [7, 11) is 4.05. The molecule has 1 aromatic carbocycles. The number of aromatic nitrogens is 3. The van der Waals surface area contributed by atoms with Gasteiger partial charge in [-0.15, -0.1) is 5.10 Å². The number of hydrogen-bond acceptors (Lipinski definition) is 6. The smallest absolute Gasteiger partial charge is 0.214 e. The van der Waals surface area contributed by atoms with E-state index in [0.29, 0.717) is 13.0 Å². The normalized spacial score (nSPS) is 11.0. The second kappa shape index (κ2) is 6.33. The Morgan fingerprint density at radius 1 is 1.36 bits per heavy atom. The minimum absolute atomic E-state index is 0.182. The molecule has 0 bridgehead atoms. The highest BCUT2D eigenvalue weighted by Gasteiger charge is 2.10. The van der Waals surface area contributed by atoms with E-state index in [-0.39, 0.29) is 6.61 Å². The van der Waals surface area contributed by atoms with E-state index in [0.717, 1.165) is 27.0 Å². The van der Waals surface area contributed by atoms with Crippen LogP contribution in [-0.2, 0) is 0 Å². The SMILES string of the molecule is CN(C)c1cccc(-c2cn3nc(NCCCO)sc3n2)c1. The van der Waals surface area contributed by atoms with Gasteiger partial charge in [0.2, 0.25) is 10.1 Å².